The maximum atomic E-state index is 13.6. The summed E-state index contributed by atoms with van der Waals surface area (Å²) in [4.78, 5) is 4.41. The Balaban J connectivity index is 1.85. The number of nitrogens with one attached hydrogen (secondary N) is 1. The summed E-state index contributed by atoms with van der Waals surface area (Å²) >= 11 is 0. The summed E-state index contributed by atoms with van der Waals surface area (Å²) in [5.41, 5.74) is 3.42. The van der Waals surface area contributed by atoms with Crippen LogP contribution in [0.5, 0.6) is 0 Å². The van der Waals surface area contributed by atoms with E-state index in [1.165, 1.54) is 0 Å². The van der Waals surface area contributed by atoms with Gasteiger partial charge in [0.05, 0.1) is 6.04 Å². The van der Waals surface area contributed by atoms with Gasteiger partial charge in [0.1, 0.15) is 5.82 Å². The fourth-order valence-electron chi connectivity index (χ4n) is 2.20. The number of halogens is 1. The van der Waals surface area contributed by atoms with Crippen molar-refractivity contribution in [2.45, 2.75) is 26.8 Å². The number of fused-ring (bicyclic) bond motifs is 1. The van der Waals surface area contributed by atoms with Crippen LogP contribution >= 0.6 is 0 Å². The number of aromatic nitrogens is 3. The highest BCUT2D eigenvalue weighted by molar-refractivity contribution is 5.45. The molecule has 4 nitrogen and oxygen atoms in total. The Bertz CT molecular complexity index is 794. The minimum absolute atomic E-state index is 0.0707. The van der Waals surface area contributed by atoms with E-state index in [1.807, 2.05) is 38.2 Å². The average Bonchev–Trinajstić information content (AvgIpc) is 2.83. The molecule has 0 amide bonds. The third-order valence-corrected chi connectivity index (χ3v) is 3.52. The summed E-state index contributed by atoms with van der Waals surface area (Å²) in [6, 6.07) is 9.08. The van der Waals surface area contributed by atoms with E-state index in [0.717, 1.165) is 16.8 Å². The number of hydrogen-bond donors (Lipinski definition) is 1. The van der Waals surface area contributed by atoms with Gasteiger partial charge in [-0.2, -0.15) is 4.98 Å². The molecule has 1 aromatic carbocycles. The van der Waals surface area contributed by atoms with Gasteiger partial charge in [0.15, 0.2) is 5.65 Å². The molecule has 0 spiro atoms. The number of nitrogens with zero attached hydrogens (tertiary/aromatic N) is 3. The van der Waals surface area contributed by atoms with Gasteiger partial charge in [0.2, 0.25) is 5.95 Å². The number of rotatable bonds is 3. The summed E-state index contributed by atoms with van der Waals surface area (Å²) < 4.78 is 15.4. The molecule has 3 rings (SSSR count). The van der Waals surface area contributed by atoms with E-state index in [4.69, 9.17) is 0 Å². The Morgan fingerprint density at radius 3 is 2.76 bits per heavy atom. The number of pyridine rings is 1. The van der Waals surface area contributed by atoms with Crippen molar-refractivity contribution >= 4 is 11.6 Å². The zero-order valence-electron chi connectivity index (χ0n) is 12.3. The molecule has 0 bridgehead atoms. The first-order valence-corrected chi connectivity index (χ1v) is 6.88. The van der Waals surface area contributed by atoms with Crippen molar-refractivity contribution in [2.24, 2.45) is 0 Å². The van der Waals surface area contributed by atoms with Gasteiger partial charge in [-0.1, -0.05) is 18.2 Å². The summed E-state index contributed by atoms with van der Waals surface area (Å²) in [5.74, 6) is 0.341. The highest BCUT2D eigenvalue weighted by Gasteiger charge is 2.11. The maximum Gasteiger partial charge on any atom is 0.243 e. The first kappa shape index (κ1) is 13.5. The molecule has 0 radical (unpaired) electrons. The molecular formula is C16H17FN4. The Labute approximate surface area is 122 Å². The maximum absolute atomic E-state index is 13.6. The minimum atomic E-state index is -0.195. The second-order valence-electron chi connectivity index (χ2n) is 5.32. The Hall–Kier alpha value is -2.43. The van der Waals surface area contributed by atoms with Crippen molar-refractivity contribution in [3.05, 3.63) is 59.0 Å². The minimum Gasteiger partial charge on any atom is -0.346 e. The molecular weight excluding hydrogens is 267 g/mol. The van der Waals surface area contributed by atoms with Crippen molar-refractivity contribution in [1.82, 2.24) is 14.6 Å². The van der Waals surface area contributed by atoms with E-state index in [1.54, 1.807) is 23.6 Å². The Morgan fingerprint density at radius 1 is 1.19 bits per heavy atom. The predicted octanol–water partition coefficient (Wildman–Crippen LogP) is 3.66. The van der Waals surface area contributed by atoms with Crippen LogP contribution in [0, 0.1) is 19.7 Å². The molecule has 108 valence electrons. The third-order valence-electron chi connectivity index (χ3n) is 3.52. The lowest BCUT2D eigenvalue weighted by atomic mass is 10.1. The third kappa shape index (κ3) is 2.72. The van der Waals surface area contributed by atoms with Crippen LogP contribution in [0.2, 0.25) is 0 Å². The van der Waals surface area contributed by atoms with Gasteiger partial charge in [0, 0.05) is 6.20 Å². The van der Waals surface area contributed by atoms with Crippen LogP contribution in [0.3, 0.4) is 0 Å². The van der Waals surface area contributed by atoms with Crippen LogP contribution in [0.25, 0.3) is 5.65 Å². The van der Waals surface area contributed by atoms with E-state index in [0.29, 0.717) is 11.5 Å². The van der Waals surface area contributed by atoms with Gasteiger partial charge in [-0.15, -0.1) is 5.10 Å². The lowest BCUT2D eigenvalue weighted by Crippen LogP contribution is -2.08. The average molecular weight is 284 g/mol. The lowest BCUT2D eigenvalue weighted by Gasteiger charge is -2.13. The SMILES string of the molecule is Cc1ccc2nc(NC(C)c3ccc(C)c(F)c3)nn2c1. The topological polar surface area (TPSA) is 42.2 Å². The standard InChI is InChI=1S/C16H17FN4/c1-10-4-7-15-19-16(20-21(15)9-10)18-12(3)13-6-5-11(2)14(17)8-13/h4-9,12H,1-3H3,(H,18,20). The number of benzene rings is 1. The van der Waals surface area contributed by atoms with Crippen LogP contribution in [-0.2, 0) is 0 Å². The smallest absolute Gasteiger partial charge is 0.243 e. The molecule has 0 fully saturated rings. The van der Waals surface area contributed by atoms with Gasteiger partial charge in [-0.3, -0.25) is 0 Å². The van der Waals surface area contributed by atoms with E-state index in [9.17, 15) is 4.39 Å². The normalized spacial score (nSPS) is 12.6. The molecule has 21 heavy (non-hydrogen) atoms. The molecule has 1 unspecified atom stereocenters. The quantitative estimate of drug-likeness (QED) is 0.798. The Morgan fingerprint density at radius 2 is 2.00 bits per heavy atom. The molecule has 0 saturated heterocycles. The highest BCUT2D eigenvalue weighted by Crippen LogP contribution is 2.20. The fraction of sp³-hybridized carbons (Fsp3) is 0.250. The highest BCUT2D eigenvalue weighted by atomic mass is 19.1. The van der Waals surface area contributed by atoms with Crippen molar-refractivity contribution in [2.75, 3.05) is 5.32 Å². The van der Waals surface area contributed by atoms with Crippen LogP contribution < -0.4 is 5.32 Å². The first-order chi connectivity index (χ1) is 10.0. The first-order valence-electron chi connectivity index (χ1n) is 6.88. The molecule has 5 heteroatoms. The van der Waals surface area contributed by atoms with Crippen LogP contribution in [0.1, 0.15) is 29.7 Å². The largest absolute Gasteiger partial charge is 0.346 e. The van der Waals surface area contributed by atoms with E-state index in [2.05, 4.69) is 15.4 Å². The molecule has 0 aliphatic carbocycles. The Kier molecular flexibility index (Phi) is 3.33. The van der Waals surface area contributed by atoms with E-state index in [-0.39, 0.29) is 11.9 Å². The predicted molar refractivity (Wildman–Crippen MR) is 80.9 cm³/mol. The van der Waals surface area contributed by atoms with E-state index < -0.39 is 0 Å². The van der Waals surface area contributed by atoms with Crippen molar-refractivity contribution in [3.8, 4) is 0 Å². The van der Waals surface area contributed by atoms with Crippen molar-refractivity contribution in [3.63, 3.8) is 0 Å². The number of hydrogen-bond acceptors (Lipinski definition) is 3. The molecule has 2 aromatic heterocycles. The summed E-state index contributed by atoms with van der Waals surface area (Å²) in [5, 5.41) is 7.58. The molecule has 3 aromatic rings. The van der Waals surface area contributed by atoms with Gasteiger partial charge in [0.25, 0.3) is 0 Å². The molecule has 1 atom stereocenters. The van der Waals surface area contributed by atoms with E-state index >= 15 is 0 Å². The van der Waals surface area contributed by atoms with Crippen LogP contribution in [0.4, 0.5) is 10.3 Å². The molecule has 0 aliphatic rings. The number of aryl methyl sites for hydroxylation is 2. The molecule has 0 aliphatic heterocycles. The molecule has 1 N–H and O–H groups in total. The second-order valence-corrected chi connectivity index (χ2v) is 5.32. The van der Waals surface area contributed by atoms with Gasteiger partial charge >= 0.3 is 0 Å². The van der Waals surface area contributed by atoms with Crippen molar-refractivity contribution < 1.29 is 4.39 Å². The summed E-state index contributed by atoms with van der Waals surface area (Å²) in [6.45, 7) is 5.72. The van der Waals surface area contributed by atoms with Crippen LogP contribution in [-0.4, -0.2) is 14.6 Å². The second kappa shape index (κ2) is 5.16. The molecule has 2 heterocycles. The zero-order chi connectivity index (χ0) is 15.0. The zero-order valence-corrected chi connectivity index (χ0v) is 12.3. The van der Waals surface area contributed by atoms with Crippen molar-refractivity contribution in [1.29, 1.82) is 0 Å². The van der Waals surface area contributed by atoms with Gasteiger partial charge < -0.3 is 5.32 Å². The van der Waals surface area contributed by atoms with Gasteiger partial charge in [-0.05, 0) is 49.6 Å². The van der Waals surface area contributed by atoms with Gasteiger partial charge in [-0.25, -0.2) is 8.91 Å². The summed E-state index contributed by atoms with van der Waals surface area (Å²) in [6.07, 6.45) is 1.92. The molecule has 0 saturated carbocycles. The fourth-order valence-corrected chi connectivity index (χ4v) is 2.20. The van der Waals surface area contributed by atoms with Crippen LogP contribution in [0.15, 0.2) is 36.5 Å². The lowest BCUT2D eigenvalue weighted by molar-refractivity contribution is 0.614. The monoisotopic (exact) mass is 284 g/mol. The number of anilines is 1. The summed E-state index contributed by atoms with van der Waals surface area (Å²) in [7, 11) is 0.